The normalized spacial score (nSPS) is 11.8. The third-order valence-electron chi connectivity index (χ3n) is 2.34. The second kappa shape index (κ2) is 4.34. The van der Waals surface area contributed by atoms with Gasteiger partial charge in [0.25, 0.3) is 5.56 Å². The summed E-state index contributed by atoms with van der Waals surface area (Å²) in [6.07, 6.45) is 1.60. The summed E-state index contributed by atoms with van der Waals surface area (Å²) in [6, 6.07) is 1.50. The molecule has 0 spiro atoms. The summed E-state index contributed by atoms with van der Waals surface area (Å²) in [7, 11) is 0. The van der Waals surface area contributed by atoms with Crippen molar-refractivity contribution in [2.45, 2.75) is 32.9 Å². The molecule has 2 aromatic rings. The minimum absolute atomic E-state index is 0.141. The predicted molar refractivity (Wildman–Crippen MR) is 63.8 cm³/mol. The fraction of sp³-hybridized carbons (Fsp3) is 0.455. The zero-order valence-electron chi connectivity index (χ0n) is 10.5. The van der Waals surface area contributed by atoms with Gasteiger partial charge in [-0.2, -0.15) is 10.1 Å². The Bertz CT molecular complexity index is 608. The van der Waals surface area contributed by atoms with E-state index in [1.807, 2.05) is 0 Å². The molecule has 0 fully saturated rings. The highest BCUT2D eigenvalue weighted by molar-refractivity contribution is 5.03. The van der Waals surface area contributed by atoms with Crippen LogP contribution in [0.1, 0.15) is 31.1 Å². The van der Waals surface area contributed by atoms with Crippen molar-refractivity contribution < 1.29 is 4.52 Å². The second-order valence-corrected chi connectivity index (χ2v) is 4.76. The highest BCUT2D eigenvalue weighted by atomic mass is 16.5. The summed E-state index contributed by atoms with van der Waals surface area (Å²) < 4.78 is 6.30. The van der Waals surface area contributed by atoms with Crippen molar-refractivity contribution in [3.05, 3.63) is 39.9 Å². The molecule has 2 heterocycles. The highest BCUT2D eigenvalue weighted by Crippen LogP contribution is 2.12. The smallest absolute Gasteiger partial charge is 0.267 e. The summed E-state index contributed by atoms with van der Waals surface area (Å²) in [5, 5.41) is 7.77. The van der Waals surface area contributed by atoms with Crippen LogP contribution in [0.4, 0.5) is 0 Å². The van der Waals surface area contributed by atoms with E-state index in [0.717, 1.165) is 5.56 Å². The first kappa shape index (κ1) is 12.4. The molecule has 0 bridgehead atoms. The lowest BCUT2D eigenvalue weighted by Crippen LogP contribution is -2.30. The molecule has 0 aliphatic carbocycles. The van der Waals surface area contributed by atoms with Crippen LogP contribution < -0.4 is 11.3 Å². The van der Waals surface area contributed by atoms with Gasteiger partial charge in [0, 0.05) is 6.07 Å². The first-order chi connectivity index (χ1) is 8.36. The van der Waals surface area contributed by atoms with Gasteiger partial charge >= 0.3 is 0 Å². The molecule has 2 aromatic heterocycles. The summed E-state index contributed by atoms with van der Waals surface area (Å²) in [6.45, 7) is 5.50. The Kier molecular flexibility index (Phi) is 3.00. The molecule has 0 unspecified atom stereocenters. The van der Waals surface area contributed by atoms with Crippen molar-refractivity contribution in [2.24, 2.45) is 5.73 Å². The molecular formula is C11H15N5O2. The first-order valence-electron chi connectivity index (χ1n) is 5.52. The second-order valence-electron chi connectivity index (χ2n) is 4.76. The SMILES string of the molecule is Cc1cnn(Cc2nc(C(C)(C)N)no2)c(=O)c1. The average Bonchev–Trinajstić information content (AvgIpc) is 2.70. The van der Waals surface area contributed by atoms with Crippen LogP contribution in [0.2, 0.25) is 0 Å². The highest BCUT2D eigenvalue weighted by Gasteiger charge is 2.21. The van der Waals surface area contributed by atoms with Crippen LogP contribution in [0.5, 0.6) is 0 Å². The molecule has 0 aliphatic rings. The summed E-state index contributed by atoms with van der Waals surface area (Å²) in [4.78, 5) is 15.8. The number of aromatic nitrogens is 4. The van der Waals surface area contributed by atoms with Crippen molar-refractivity contribution >= 4 is 0 Å². The molecule has 2 rings (SSSR count). The monoisotopic (exact) mass is 249 g/mol. The third-order valence-corrected chi connectivity index (χ3v) is 2.34. The largest absolute Gasteiger partial charge is 0.337 e. The minimum Gasteiger partial charge on any atom is -0.337 e. The number of rotatable bonds is 3. The molecule has 96 valence electrons. The lowest BCUT2D eigenvalue weighted by Gasteiger charge is -2.11. The van der Waals surface area contributed by atoms with Crippen molar-refractivity contribution in [3.8, 4) is 0 Å². The molecule has 7 nitrogen and oxygen atoms in total. The van der Waals surface area contributed by atoms with Crippen LogP contribution >= 0.6 is 0 Å². The minimum atomic E-state index is -0.673. The van der Waals surface area contributed by atoms with E-state index in [9.17, 15) is 4.79 Å². The van der Waals surface area contributed by atoms with Crippen LogP contribution in [0.25, 0.3) is 0 Å². The molecular weight excluding hydrogens is 234 g/mol. The van der Waals surface area contributed by atoms with Gasteiger partial charge < -0.3 is 10.3 Å². The van der Waals surface area contributed by atoms with E-state index in [-0.39, 0.29) is 12.1 Å². The number of nitrogens with two attached hydrogens (primary N) is 1. The molecule has 2 N–H and O–H groups in total. The van der Waals surface area contributed by atoms with Gasteiger partial charge in [-0.15, -0.1) is 0 Å². The van der Waals surface area contributed by atoms with E-state index >= 15 is 0 Å². The Hall–Kier alpha value is -2.02. The summed E-state index contributed by atoms with van der Waals surface area (Å²) in [5.41, 5.74) is 5.77. The van der Waals surface area contributed by atoms with E-state index in [2.05, 4.69) is 15.2 Å². The Labute approximate surface area is 104 Å². The molecule has 0 aliphatic heterocycles. The van der Waals surface area contributed by atoms with E-state index in [1.165, 1.54) is 10.7 Å². The van der Waals surface area contributed by atoms with Crippen molar-refractivity contribution in [2.75, 3.05) is 0 Å². The number of nitrogens with zero attached hydrogens (tertiary/aromatic N) is 4. The topological polar surface area (TPSA) is 99.8 Å². The van der Waals surface area contributed by atoms with Gasteiger partial charge in [0.15, 0.2) is 5.82 Å². The van der Waals surface area contributed by atoms with Crippen LogP contribution in [0.3, 0.4) is 0 Å². The van der Waals surface area contributed by atoms with Crippen molar-refractivity contribution in [1.82, 2.24) is 19.9 Å². The zero-order valence-corrected chi connectivity index (χ0v) is 10.5. The van der Waals surface area contributed by atoms with E-state index < -0.39 is 5.54 Å². The quantitative estimate of drug-likeness (QED) is 0.832. The Balaban J connectivity index is 2.24. The first-order valence-corrected chi connectivity index (χ1v) is 5.52. The van der Waals surface area contributed by atoms with Gasteiger partial charge in [0.1, 0.15) is 6.54 Å². The molecule has 0 aromatic carbocycles. The maximum atomic E-state index is 11.6. The van der Waals surface area contributed by atoms with E-state index in [0.29, 0.717) is 11.7 Å². The molecule has 0 saturated carbocycles. The maximum absolute atomic E-state index is 11.6. The fourth-order valence-corrected chi connectivity index (χ4v) is 1.35. The lowest BCUT2D eigenvalue weighted by molar-refractivity contribution is 0.349. The van der Waals surface area contributed by atoms with Crippen molar-refractivity contribution in [1.29, 1.82) is 0 Å². The Morgan fingerprint density at radius 2 is 2.22 bits per heavy atom. The molecule has 0 amide bonds. The number of hydrogen-bond donors (Lipinski definition) is 1. The fourth-order valence-electron chi connectivity index (χ4n) is 1.35. The van der Waals surface area contributed by atoms with Crippen molar-refractivity contribution in [3.63, 3.8) is 0 Å². The standard InChI is InChI=1S/C11H15N5O2/c1-7-4-9(17)16(13-5-7)6-8-14-10(15-18-8)11(2,3)12/h4-5H,6,12H2,1-3H3. The van der Waals surface area contributed by atoms with Crippen LogP contribution in [-0.4, -0.2) is 19.9 Å². The van der Waals surface area contributed by atoms with Gasteiger partial charge in [0.05, 0.1) is 11.7 Å². The Morgan fingerprint density at radius 1 is 1.50 bits per heavy atom. The number of aryl methyl sites for hydroxylation is 1. The van der Waals surface area contributed by atoms with E-state index in [4.69, 9.17) is 10.3 Å². The third kappa shape index (κ3) is 2.62. The predicted octanol–water partition coefficient (Wildman–Crippen LogP) is 0.177. The lowest BCUT2D eigenvalue weighted by atomic mass is 10.1. The zero-order chi connectivity index (χ0) is 13.3. The summed E-state index contributed by atoms with van der Waals surface area (Å²) in [5.74, 6) is 0.708. The van der Waals surface area contributed by atoms with Gasteiger partial charge in [-0.3, -0.25) is 4.79 Å². The molecule has 0 radical (unpaired) electrons. The molecule has 7 heteroatoms. The van der Waals surface area contributed by atoms with Crippen LogP contribution in [-0.2, 0) is 12.1 Å². The van der Waals surface area contributed by atoms with Crippen LogP contribution in [0, 0.1) is 6.92 Å². The van der Waals surface area contributed by atoms with E-state index in [1.54, 1.807) is 27.0 Å². The van der Waals surface area contributed by atoms with Gasteiger partial charge in [-0.1, -0.05) is 5.16 Å². The van der Waals surface area contributed by atoms with Crippen LogP contribution in [0.15, 0.2) is 21.6 Å². The average molecular weight is 249 g/mol. The summed E-state index contributed by atoms with van der Waals surface area (Å²) >= 11 is 0. The maximum Gasteiger partial charge on any atom is 0.267 e. The van der Waals surface area contributed by atoms with Gasteiger partial charge in [-0.05, 0) is 26.3 Å². The van der Waals surface area contributed by atoms with Gasteiger partial charge in [0.2, 0.25) is 5.89 Å². The molecule has 0 atom stereocenters. The molecule has 18 heavy (non-hydrogen) atoms. The Morgan fingerprint density at radius 3 is 2.78 bits per heavy atom. The number of hydrogen-bond acceptors (Lipinski definition) is 6. The van der Waals surface area contributed by atoms with Gasteiger partial charge in [-0.25, -0.2) is 4.68 Å². The molecule has 0 saturated heterocycles.